The van der Waals surface area contributed by atoms with E-state index in [1.807, 2.05) is 12.1 Å². The van der Waals surface area contributed by atoms with E-state index in [0.29, 0.717) is 43.0 Å². The summed E-state index contributed by atoms with van der Waals surface area (Å²) in [5.41, 5.74) is 1.03. The summed E-state index contributed by atoms with van der Waals surface area (Å²) in [6.45, 7) is 2.44. The van der Waals surface area contributed by atoms with Gasteiger partial charge in [-0.2, -0.15) is 5.21 Å². The van der Waals surface area contributed by atoms with Crippen LogP contribution in [0.4, 0.5) is 17.5 Å². The molecule has 10 heteroatoms. The van der Waals surface area contributed by atoms with Crippen LogP contribution in [0.3, 0.4) is 0 Å². The topological polar surface area (TPSA) is 103 Å². The molecule has 9 nitrogen and oxygen atoms in total. The first kappa shape index (κ1) is 17.2. The molecule has 0 saturated carbocycles. The number of anilines is 3. The largest absolute Gasteiger partial charge is 0.337 e. The predicted molar refractivity (Wildman–Crippen MR) is 101 cm³/mol. The number of nitrogens with one attached hydrogen (secondary N) is 2. The lowest BCUT2D eigenvalue weighted by Crippen LogP contribution is -2.49. The smallest absolute Gasteiger partial charge is 0.278 e. The van der Waals surface area contributed by atoms with E-state index >= 15 is 0 Å². The fourth-order valence-electron chi connectivity index (χ4n) is 2.85. The summed E-state index contributed by atoms with van der Waals surface area (Å²) < 4.78 is 0. The van der Waals surface area contributed by atoms with Gasteiger partial charge in [0.1, 0.15) is 0 Å². The quantitative estimate of drug-likeness (QED) is 0.708. The summed E-state index contributed by atoms with van der Waals surface area (Å²) in [7, 11) is 0. The molecule has 2 N–H and O–H groups in total. The minimum Gasteiger partial charge on any atom is -0.337 e. The van der Waals surface area contributed by atoms with E-state index < -0.39 is 0 Å². The first-order valence-corrected chi connectivity index (χ1v) is 8.83. The van der Waals surface area contributed by atoms with Gasteiger partial charge in [-0.3, -0.25) is 4.79 Å². The molecule has 1 saturated heterocycles. The van der Waals surface area contributed by atoms with E-state index in [-0.39, 0.29) is 11.6 Å². The second-order valence-corrected chi connectivity index (χ2v) is 6.42. The van der Waals surface area contributed by atoms with Crippen molar-refractivity contribution in [2.24, 2.45) is 0 Å². The molecule has 138 valence electrons. The molecule has 3 heterocycles. The molecule has 3 aromatic rings. The summed E-state index contributed by atoms with van der Waals surface area (Å²) in [4.78, 5) is 25.2. The molecule has 0 spiro atoms. The molecule has 0 bridgehead atoms. The molecule has 2 aromatic heterocycles. The fourth-order valence-corrected chi connectivity index (χ4v) is 2.98. The number of aromatic nitrogens is 5. The molecule has 0 radical (unpaired) electrons. The summed E-state index contributed by atoms with van der Waals surface area (Å²) in [5.74, 6) is 0.890. The number of carbonyl (C=O) groups is 1. The highest BCUT2D eigenvalue weighted by Gasteiger charge is 2.27. The number of amides is 1. The Morgan fingerprint density at radius 3 is 2.44 bits per heavy atom. The van der Waals surface area contributed by atoms with Crippen molar-refractivity contribution in [1.82, 2.24) is 30.3 Å². The van der Waals surface area contributed by atoms with Crippen molar-refractivity contribution in [1.29, 1.82) is 0 Å². The second kappa shape index (κ2) is 7.58. The van der Waals surface area contributed by atoms with Crippen LogP contribution in [0.2, 0.25) is 5.02 Å². The average molecular weight is 385 g/mol. The molecule has 0 unspecified atom stereocenters. The number of halogens is 1. The minimum absolute atomic E-state index is 0.172. The zero-order valence-corrected chi connectivity index (χ0v) is 15.1. The van der Waals surface area contributed by atoms with Crippen LogP contribution in [0.5, 0.6) is 0 Å². The Bertz CT molecular complexity index is 906. The summed E-state index contributed by atoms with van der Waals surface area (Å²) >= 11 is 5.90. The van der Waals surface area contributed by atoms with E-state index in [0.717, 1.165) is 5.69 Å². The molecular formula is C17H17ClN8O. The van der Waals surface area contributed by atoms with Crippen molar-refractivity contribution in [3.05, 3.63) is 53.4 Å². The number of hydrogen-bond donors (Lipinski definition) is 2. The van der Waals surface area contributed by atoms with Crippen molar-refractivity contribution in [2.45, 2.75) is 0 Å². The van der Waals surface area contributed by atoms with E-state index in [1.54, 1.807) is 35.5 Å². The van der Waals surface area contributed by atoms with Crippen LogP contribution < -0.4 is 10.2 Å². The van der Waals surface area contributed by atoms with Crippen LogP contribution >= 0.6 is 11.6 Å². The Kier molecular flexibility index (Phi) is 4.84. The van der Waals surface area contributed by atoms with Crippen molar-refractivity contribution in [3.8, 4) is 0 Å². The van der Waals surface area contributed by atoms with Gasteiger partial charge in [0.25, 0.3) is 5.91 Å². The van der Waals surface area contributed by atoms with Crippen LogP contribution in [0.25, 0.3) is 0 Å². The maximum atomic E-state index is 12.9. The molecule has 27 heavy (non-hydrogen) atoms. The molecule has 1 aliphatic heterocycles. The lowest BCUT2D eigenvalue weighted by atomic mass is 10.2. The molecule has 1 aromatic carbocycles. The van der Waals surface area contributed by atoms with E-state index in [1.165, 1.54) is 0 Å². The molecule has 1 fully saturated rings. The Morgan fingerprint density at radius 2 is 1.74 bits per heavy atom. The van der Waals surface area contributed by atoms with Crippen LogP contribution in [-0.2, 0) is 0 Å². The van der Waals surface area contributed by atoms with Crippen molar-refractivity contribution < 1.29 is 4.79 Å². The molecule has 0 atom stereocenters. The third-order valence-corrected chi connectivity index (χ3v) is 4.51. The van der Waals surface area contributed by atoms with Gasteiger partial charge in [0.15, 0.2) is 11.5 Å². The van der Waals surface area contributed by atoms with Gasteiger partial charge in [-0.05, 0) is 30.3 Å². The third kappa shape index (κ3) is 3.82. The van der Waals surface area contributed by atoms with Gasteiger partial charge in [0.2, 0.25) is 5.95 Å². The number of piperazine rings is 1. The number of carbonyl (C=O) groups excluding carboxylic acids is 1. The summed E-state index contributed by atoms with van der Waals surface area (Å²) in [6, 6.07) is 8.92. The van der Waals surface area contributed by atoms with E-state index in [4.69, 9.17) is 11.6 Å². The number of aromatic amines is 1. The van der Waals surface area contributed by atoms with Gasteiger partial charge in [-0.1, -0.05) is 11.6 Å². The van der Waals surface area contributed by atoms with Crippen molar-refractivity contribution in [2.75, 3.05) is 36.4 Å². The number of hydrogen-bond acceptors (Lipinski definition) is 7. The predicted octanol–water partition coefficient (Wildman–Crippen LogP) is 1.95. The highest BCUT2D eigenvalue weighted by atomic mass is 35.5. The Hall–Kier alpha value is -3.20. The lowest BCUT2D eigenvalue weighted by molar-refractivity contribution is 0.0741. The first-order valence-electron chi connectivity index (χ1n) is 8.45. The highest BCUT2D eigenvalue weighted by Crippen LogP contribution is 2.21. The maximum Gasteiger partial charge on any atom is 0.278 e. The SMILES string of the molecule is O=C(c1n[nH]nc1Nc1ccc(Cl)cc1)N1CCN(c2ncccn2)CC1. The van der Waals surface area contributed by atoms with E-state index in [9.17, 15) is 4.79 Å². The average Bonchev–Trinajstić information content (AvgIpc) is 3.18. The highest BCUT2D eigenvalue weighted by molar-refractivity contribution is 6.30. The zero-order valence-electron chi connectivity index (χ0n) is 14.3. The monoisotopic (exact) mass is 384 g/mol. The lowest BCUT2D eigenvalue weighted by Gasteiger charge is -2.34. The van der Waals surface area contributed by atoms with Crippen LogP contribution in [0.1, 0.15) is 10.5 Å². The summed E-state index contributed by atoms with van der Waals surface area (Å²) in [5, 5.41) is 14.3. The summed E-state index contributed by atoms with van der Waals surface area (Å²) in [6.07, 6.45) is 3.42. The maximum absolute atomic E-state index is 12.9. The van der Waals surface area contributed by atoms with Gasteiger partial charge in [-0.15, -0.1) is 10.2 Å². The van der Waals surface area contributed by atoms with Crippen LogP contribution in [-0.4, -0.2) is 62.4 Å². The third-order valence-electron chi connectivity index (χ3n) is 4.26. The molecular weight excluding hydrogens is 368 g/mol. The molecule has 4 rings (SSSR count). The molecule has 1 amide bonds. The minimum atomic E-state index is -0.172. The Labute approximate surface area is 160 Å². The van der Waals surface area contributed by atoms with Crippen molar-refractivity contribution >= 4 is 35.0 Å². The first-order chi connectivity index (χ1) is 13.2. The number of benzene rings is 1. The fraction of sp³-hybridized carbons (Fsp3) is 0.235. The number of rotatable bonds is 4. The van der Waals surface area contributed by atoms with Gasteiger partial charge in [-0.25, -0.2) is 9.97 Å². The second-order valence-electron chi connectivity index (χ2n) is 5.98. The van der Waals surface area contributed by atoms with Crippen molar-refractivity contribution in [3.63, 3.8) is 0 Å². The van der Waals surface area contributed by atoms with Gasteiger partial charge < -0.3 is 15.1 Å². The van der Waals surface area contributed by atoms with Crippen LogP contribution in [0.15, 0.2) is 42.7 Å². The Morgan fingerprint density at radius 1 is 1.04 bits per heavy atom. The molecule has 1 aliphatic rings. The normalized spacial score (nSPS) is 14.3. The van der Waals surface area contributed by atoms with Gasteiger partial charge in [0, 0.05) is 49.3 Å². The standard InChI is InChI=1S/C17H17ClN8O/c18-12-2-4-13(5-3-12)21-15-14(22-24-23-15)16(27)25-8-10-26(11-9-25)17-19-6-1-7-20-17/h1-7H,8-11H2,(H2,21,22,23,24). The van der Waals surface area contributed by atoms with Crippen LogP contribution in [0, 0.1) is 0 Å². The van der Waals surface area contributed by atoms with Gasteiger partial charge >= 0.3 is 0 Å². The van der Waals surface area contributed by atoms with E-state index in [2.05, 4.69) is 35.6 Å². The Balaban J connectivity index is 1.42. The number of H-pyrrole nitrogens is 1. The molecule has 0 aliphatic carbocycles. The zero-order chi connectivity index (χ0) is 18.6. The van der Waals surface area contributed by atoms with Gasteiger partial charge in [0.05, 0.1) is 0 Å². The number of nitrogens with zero attached hydrogens (tertiary/aromatic N) is 6.